The number of ether oxygens (including phenoxy) is 1. The van der Waals surface area contributed by atoms with E-state index in [1.54, 1.807) is 0 Å². The first-order valence-electron chi connectivity index (χ1n) is 10.2. The molecule has 2 N–H and O–H groups in total. The van der Waals surface area contributed by atoms with Crippen LogP contribution in [0.4, 0.5) is 32.2 Å². The van der Waals surface area contributed by atoms with E-state index in [0.717, 1.165) is 44.3 Å². The standard InChI is InChI=1S/C16H20N4OS.2C2HF3O2/c1-12-4-5-16(18-17-12)20-6-7-21-15-11-19(10-14(15)20)9-13-3-2-8-22-13;2*3-2(4,5)1(6)7/h2-5,8,14-15H,6-7,9-11H2,1H3;2*(H,6,7)/t14-,15+;;/m1../s1. The van der Waals surface area contributed by atoms with Crippen molar-refractivity contribution in [3.8, 4) is 0 Å². The lowest BCUT2D eigenvalue weighted by Crippen LogP contribution is -2.51. The first kappa shape index (κ1) is 29.3. The van der Waals surface area contributed by atoms with E-state index in [0.29, 0.717) is 6.04 Å². The van der Waals surface area contributed by atoms with Gasteiger partial charge < -0.3 is 19.8 Å². The average Bonchev–Trinajstić information content (AvgIpc) is 3.43. The minimum atomic E-state index is -5.08. The quantitative estimate of drug-likeness (QED) is 0.562. The lowest BCUT2D eigenvalue weighted by molar-refractivity contribution is -0.193. The molecule has 2 aliphatic heterocycles. The fraction of sp³-hybridized carbons (Fsp3) is 0.500. The summed E-state index contributed by atoms with van der Waals surface area (Å²) >= 11 is 1.82. The van der Waals surface area contributed by atoms with Gasteiger partial charge in [0.1, 0.15) is 0 Å². The van der Waals surface area contributed by atoms with Gasteiger partial charge >= 0.3 is 24.3 Å². The average molecular weight is 544 g/mol. The van der Waals surface area contributed by atoms with E-state index in [1.165, 1.54) is 4.88 Å². The molecule has 0 radical (unpaired) electrons. The molecule has 2 aromatic heterocycles. The van der Waals surface area contributed by atoms with Crippen LogP contribution in [-0.2, 0) is 20.9 Å². The molecule has 36 heavy (non-hydrogen) atoms. The van der Waals surface area contributed by atoms with Gasteiger partial charge in [0, 0.05) is 31.1 Å². The third-order valence-corrected chi connectivity index (χ3v) is 5.76. The summed E-state index contributed by atoms with van der Waals surface area (Å²) in [6.45, 7) is 6.67. The van der Waals surface area contributed by atoms with Crippen molar-refractivity contribution < 1.29 is 50.9 Å². The molecule has 9 nitrogen and oxygen atoms in total. The molecule has 4 rings (SSSR count). The second-order valence-electron chi connectivity index (χ2n) is 7.58. The fourth-order valence-electron chi connectivity index (χ4n) is 3.35. The van der Waals surface area contributed by atoms with Gasteiger partial charge in [-0.3, -0.25) is 4.90 Å². The lowest BCUT2D eigenvalue weighted by atomic mass is 10.1. The zero-order valence-electron chi connectivity index (χ0n) is 18.7. The largest absolute Gasteiger partial charge is 0.490 e. The van der Waals surface area contributed by atoms with Gasteiger partial charge in [-0.2, -0.15) is 31.4 Å². The minimum Gasteiger partial charge on any atom is -0.475 e. The van der Waals surface area contributed by atoms with Crippen LogP contribution in [0.1, 0.15) is 10.6 Å². The van der Waals surface area contributed by atoms with Crippen LogP contribution >= 0.6 is 11.3 Å². The predicted molar refractivity (Wildman–Crippen MR) is 115 cm³/mol. The number of thiophene rings is 1. The molecule has 2 aromatic rings. The highest BCUT2D eigenvalue weighted by molar-refractivity contribution is 7.09. The van der Waals surface area contributed by atoms with E-state index in [-0.39, 0.29) is 6.10 Å². The van der Waals surface area contributed by atoms with Crippen LogP contribution in [0.25, 0.3) is 0 Å². The van der Waals surface area contributed by atoms with Crippen molar-refractivity contribution in [2.24, 2.45) is 0 Å². The number of hydrogen-bond acceptors (Lipinski definition) is 8. The van der Waals surface area contributed by atoms with Crippen molar-refractivity contribution >= 4 is 29.1 Å². The Morgan fingerprint density at radius 2 is 1.67 bits per heavy atom. The van der Waals surface area contributed by atoms with E-state index in [2.05, 4.69) is 43.6 Å². The Kier molecular flexibility index (Phi) is 10.0. The molecule has 2 atom stereocenters. The number of anilines is 1. The number of carboxylic acid groups (broad SMARTS) is 2. The highest BCUT2D eigenvalue weighted by Crippen LogP contribution is 2.28. The maximum Gasteiger partial charge on any atom is 0.490 e. The first-order valence-corrected chi connectivity index (χ1v) is 11.1. The summed E-state index contributed by atoms with van der Waals surface area (Å²) in [5, 5.41) is 25.0. The second-order valence-corrected chi connectivity index (χ2v) is 8.61. The topological polar surface area (TPSA) is 116 Å². The number of aromatic nitrogens is 2. The van der Waals surface area contributed by atoms with Crippen LogP contribution in [0.15, 0.2) is 29.6 Å². The number of halogens is 6. The Labute approximate surface area is 204 Å². The van der Waals surface area contributed by atoms with Crippen LogP contribution in [0, 0.1) is 6.92 Å². The number of fused-ring (bicyclic) bond motifs is 1. The summed E-state index contributed by atoms with van der Waals surface area (Å²) in [6, 6.07) is 8.81. The van der Waals surface area contributed by atoms with Gasteiger partial charge in [-0.15, -0.1) is 16.4 Å². The number of hydrogen-bond donors (Lipinski definition) is 2. The maximum absolute atomic E-state index is 10.6. The van der Waals surface area contributed by atoms with Crippen molar-refractivity contribution in [3.05, 3.63) is 40.2 Å². The fourth-order valence-corrected chi connectivity index (χ4v) is 4.09. The normalized spacial score (nSPS) is 19.9. The predicted octanol–water partition coefficient (Wildman–Crippen LogP) is 3.20. The molecule has 0 saturated carbocycles. The van der Waals surface area contributed by atoms with Gasteiger partial charge in [0.2, 0.25) is 0 Å². The third-order valence-electron chi connectivity index (χ3n) is 4.90. The Balaban J connectivity index is 0.000000271. The maximum atomic E-state index is 10.6. The molecule has 0 spiro atoms. The summed E-state index contributed by atoms with van der Waals surface area (Å²) in [7, 11) is 0. The van der Waals surface area contributed by atoms with Crippen LogP contribution < -0.4 is 4.90 Å². The zero-order valence-corrected chi connectivity index (χ0v) is 19.5. The summed E-state index contributed by atoms with van der Waals surface area (Å²) in [5.74, 6) is -4.54. The minimum absolute atomic E-state index is 0.275. The number of morpholine rings is 1. The Bertz CT molecular complexity index is 964. The van der Waals surface area contributed by atoms with E-state index < -0.39 is 24.3 Å². The van der Waals surface area contributed by atoms with Gasteiger partial charge in [0.25, 0.3) is 0 Å². The third kappa shape index (κ3) is 8.91. The first-order chi connectivity index (χ1) is 16.7. The van der Waals surface area contributed by atoms with Gasteiger partial charge in [-0.1, -0.05) is 6.07 Å². The molecule has 2 saturated heterocycles. The highest BCUT2D eigenvalue weighted by Gasteiger charge is 2.41. The smallest absolute Gasteiger partial charge is 0.475 e. The molecule has 0 aromatic carbocycles. The van der Waals surface area contributed by atoms with Gasteiger partial charge in [0.05, 0.1) is 24.4 Å². The van der Waals surface area contributed by atoms with Gasteiger partial charge in [-0.25, -0.2) is 9.59 Å². The number of alkyl halides is 6. The zero-order chi connectivity index (χ0) is 27.1. The number of carbonyl (C=O) groups is 2. The summed E-state index contributed by atoms with van der Waals surface area (Å²) < 4.78 is 69.5. The Morgan fingerprint density at radius 3 is 2.14 bits per heavy atom. The number of carboxylic acids is 2. The molecular formula is C20H22F6N4O5S. The van der Waals surface area contributed by atoms with Crippen molar-refractivity contribution in [1.29, 1.82) is 0 Å². The van der Waals surface area contributed by atoms with E-state index in [9.17, 15) is 26.3 Å². The molecule has 200 valence electrons. The molecule has 0 bridgehead atoms. The van der Waals surface area contributed by atoms with Crippen molar-refractivity contribution in [2.45, 2.75) is 38.0 Å². The van der Waals surface area contributed by atoms with E-state index in [4.69, 9.17) is 24.5 Å². The monoisotopic (exact) mass is 544 g/mol. The van der Waals surface area contributed by atoms with Crippen LogP contribution in [-0.4, -0.2) is 88.0 Å². The molecule has 2 fully saturated rings. The SMILES string of the molecule is Cc1ccc(N2CCO[C@H]3CN(Cc4cccs4)C[C@H]32)nn1.O=C(O)C(F)(F)F.O=C(O)C(F)(F)F. The summed E-state index contributed by atoms with van der Waals surface area (Å²) in [5.41, 5.74) is 0.958. The van der Waals surface area contributed by atoms with E-state index >= 15 is 0 Å². The lowest BCUT2D eigenvalue weighted by Gasteiger charge is -2.37. The summed E-state index contributed by atoms with van der Waals surface area (Å²) in [4.78, 5) is 24.1. The molecule has 16 heteroatoms. The molecule has 2 aliphatic rings. The van der Waals surface area contributed by atoms with Crippen LogP contribution in [0.2, 0.25) is 0 Å². The molecule has 0 unspecified atom stereocenters. The number of nitrogens with zero attached hydrogens (tertiary/aromatic N) is 4. The van der Waals surface area contributed by atoms with Crippen molar-refractivity contribution in [1.82, 2.24) is 15.1 Å². The second kappa shape index (κ2) is 12.3. The molecule has 0 amide bonds. The van der Waals surface area contributed by atoms with Crippen molar-refractivity contribution in [3.63, 3.8) is 0 Å². The number of aryl methyl sites for hydroxylation is 1. The number of rotatable bonds is 3. The van der Waals surface area contributed by atoms with Crippen molar-refractivity contribution in [2.75, 3.05) is 31.1 Å². The Hall–Kier alpha value is -2.98. The molecule has 4 heterocycles. The number of aliphatic carboxylic acids is 2. The molecule has 0 aliphatic carbocycles. The van der Waals surface area contributed by atoms with Crippen LogP contribution in [0.3, 0.4) is 0 Å². The van der Waals surface area contributed by atoms with Gasteiger partial charge in [0.15, 0.2) is 5.82 Å². The van der Waals surface area contributed by atoms with Gasteiger partial charge in [-0.05, 0) is 30.5 Å². The summed E-state index contributed by atoms with van der Waals surface area (Å²) in [6.07, 6.45) is -9.89. The Morgan fingerprint density at radius 1 is 1.06 bits per heavy atom. The van der Waals surface area contributed by atoms with E-state index in [1.807, 2.05) is 24.3 Å². The van der Waals surface area contributed by atoms with Crippen LogP contribution in [0.5, 0.6) is 0 Å². The highest BCUT2D eigenvalue weighted by atomic mass is 32.1. The number of likely N-dealkylation sites (tertiary alicyclic amines) is 1. The molecular weight excluding hydrogens is 522 g/mol.